The highest BCUT2D eigenvalue weighted by atomic mass is 16.6. The van der Waals surface area contributed by atoms with Crippen LogP contribution in [0.5, 0.6) is 0 Å². The Kier molecular flexibility index (Phi) is 13.6. The second-order valence-electron chi connectivity index (χ2n) is 10.7. The minimum atomic E-state index is -1.40. The number of esters is 3. The second kappa shape index (κ2) is 16.6. The average molecular weight is 525 g/mol. The van der Waals surface area contributed by atoms with Crippen LogP contribution in [-0.4, -0.2) is 23.5 Å². The number of hydrogen-bond acceptors (Lipinski definition) is 6. The Hall–Kier alpha value is -3.15. The molecular formula is C32H44O6. The maximum Gasteiger partial charge on any atom is 0.321 e. The van der Waals surface area contributed by atoms with Crippen molar-refractivity contribution < 1.29 is 28.6 Å². The van der Waals surface area contributed by atoms with Gasteiger partial charge in [0, 0.05) is 0 Å². The monoisotopic (exact) mass is 524 g/mol. The Labute approximate surface area is 228 Å². The van der Waals surface area contributed by atoms with Crippen LogP contribution in [0.25, 0.3) is 0 Å². The fourth-order valence-electron chi connectivity index (χ4n) is 4.19. The van der Waals surface area contributed by atoms with Crippen LogP contribution in [0.4, 0.5) is 0 Å². The Bertz CT molecular complexity index is 964. The van der Waals surface area contributed by atoms with Gasteiger partial charge in [0.2, 0.25) is 0 Å². The quantitative estimate of drug-likeness (QED) is 0.100. The van der Waals surface area contributed by atoms with E-state index in [1.165, 1.54) is 19.3 Å². The first-order valence-corrected chi connectivity index (χ1v) is 13.8. The Morgan fingerprint density at radius 2 is 1.13 bits per heavy atom. The van der Waals surface area contributed by atoms with Crippen molar-refractivity contribution in [1.82, 2.24) is 0 Å². The molecule has 38 heavy (non-hydrogen) atoms. The van der Waals surface area contributed by atoms with E-state index in [0.29, 0.717) is 12.8 Å². The molecule has 0 amide bonds. The molecule has 0 aliphatic rings. The highest BCUT2D eigenvalue weighted by molar-refractivity contribution is 5.99. The molecule has 1 unspecified atom stereocenters. The summed E-state index contributed by atoms with van der Waals surface area (Å²) >= 11 is 0. The fraction of sp³-hybridized carbons (Fsp3) is 0.531. The summed E-state index contributed by atoms with van der Waals surface area (Å²) in [4.78, 5) is 40.0. The predicted molar refractivity (Wildman–Crippen MR) is 148 cm³/mol. The molecule has 0 aliphatic carbocycles. The molecule has 0 aromatic heterocycles. The van der Waals surface area contributed by atoms with E-state index >= 15 is 0 Å². The van der Waals surface area contributed by atoms with Crippen molar-refractivity contribution in [2.24, 2.45) is 11.8 Å². The highest BCUT2D eigenvalue weighted by Gasteiger charge is 2.43. The van der Waals surface area contributed by atoms with E-state index in [-0.39, 0.29) is 13.2 Å². The summed E-state index contributed by atoms with van der Waals surface area (Å²) < 4.78 is 16.8. The summed E-state index contributed by atoms with van der Waals surface area (Å²) in [7, 11) is 0. The van der Waals surface area contributed by atoms with Crippen LogP contribution in [-0.2, 0) is 41.8 Å². The van der Waals surface area contributed by atoms with Crippen LogP contribution in [0.1, 0.15) is 90.2 Å². The molecule has 0 saturated carbocycles. The van der Waals surface area contributed by atoms with Gasteiger partial charge in [-0.25, -0.2) is 0 Å². The minimum absolute atomic E-state index is 0.00217. The predicted octanol–water partition coefficient (Wildman–Crippen LogP) is 7.19. The van der Waals surface area contributed by atoms with Gasteiger partial charge in [-0.3, -0.25) is 14.4 Å². The van der Waals surface area contributed by atoms with Crippen molar-refractivity contribution in [2.45, 2.75) is 97.9 Å². The molecule has 2 aromatic carbocycles. The average Bonchev–Trinajstić information content (AvgIpc) is 2.89. The molecule has 0 aliphatic heterocycles. The number of carbonyl (C=O) groups excluding carboxylic acids is 3. The van der Waals surface area contributed by atoms with E-state index in [4.69, 9.17) is 14.2 Å². The molecule has 6 heteroatoms. The summed E-state index contributed by atoms with van der Waals surface area (Å²) in [5.41, 5.74) is 0.794. The van der Waals surface area contributed by atoms with Crippen LogP contribution in [0.2, 0.25) is 0 Å². The third-order valence-electron chi connectivity index (χ3n) is 6.19. The van der Waals surface area contributed by atoms with Crippen molar-refractivity contribution in [3.05, 3.63) is 71.8 Å². The molecule has 2 aromatic rings. The third-order valence-corrected chi connectivity index (χ3v) is 6.19. The Balaban J connectivity index is 2.19. The number of hydrogen-bond donors (Lipinski definition) is 0. The maximum atomic E-state index is 13.4. The van der Waals surface area contributed by atoms with Gasteiger partial charge < -0.3 is 14.2 Å². The molecule has 0 N–H and O–H groups in total. The number of carbonyl (C=O) groups is 3. The van der Waals surface area contributed by atoms with Crippen LogP contribution < -0.4 is 0 Å². The van der Waals surface area contributed by atoms with Gasteiger partial charge in [-0.05, 0) is 38.3 Å². The van der Waals surface area contributed by atoms with E-state index in [1.54, 1.807) is 20.8 Å². The Morgan fingerprint density at radius 1 is 0.658 bits per heavy atom. The molecule has 0 spiro atoms. The van der Waals surface area contributed by atoms with E-state index < -0.39 is 35.3 Å². The summed E-state index contributed by atoms with van der Waals surface area (Å²) in [5.74, 6) is -4.52. The van der Waals surface area contributed by atoms with Crippen molar-refractivity contribution in [3.63, 3.8) is 0 Å². The molecule has 2 atom stereocenters. The van der Waals surface area contributed by atoms with E-state index in [1.807, 2.05) is 60.7 Å². The molecule has 6 nitrogen and oxygen atoms in total. The van der Waals surface area contributed by atoms with Gasteiger partial charge in [-0.15, -0.1) is 0 Å². The summed E-state index contributed by atoms with van der Waals surface area (Å²) in [6, 6.07) is 18.6. The molecule has 208 valence electrons. The first-order chi connectivity index (χ1) is 18.2. The number of ether oxygens (including phenoxy) is 3. The van der Waals surface area contributed by atoms with E-state index in [0.717, 1.165) is 30.4 Å². The summed E-state index contributed by atoms with van der Waals surface area (Å²) in [6.07, 6.45) is 7.69. The molecule has 0 bridgehead atoms. The first kappa shape index (κ1) is 31.1. The summed E-state index contributed by atoms with van der Waals surface area (Å²) in [6.45, 7) is 7.44. The lowest BCUT2D eigenvalue weighted by Gasteiger charge is -2.27. The van der Waals surface area contributed by atoms with Gasteiger partial charge in [-0.2, -0.15) is 0 Å². The molecule has 0 fully saturated rings. The zero-order valence-electron chi connectivity index (χ0n) is 23.4. The van der Waals surface area contributed by atoms with Gasteiger partial charge in [0.15, 0.2) is 5.92 Å². The highest BCUT2D eigenvalue weighted by Crippen LogP contribution is 2.27. The van der Waals surface area contributed by atoms with Crippen LogP contribution in [0.15, 0.2) is 60.7 Å². The standard InChI is InChI=1S/C32H44O6/c1-5-6-7-8-9-10-17-22-27(29(33)36-23-25-18-13-11-14-19-25)28(31(35)38-32(2,3)4)30(34)37-24-26-20-15-12-16-21-26/h11-16,18-21,27-28H,5-10,17,22-24H2,1-4H3/t27-,28?/m1/s1. The number of rotatable bonds is 16. The SMILES string of the molecule is CCCCCCCCC[C@@H](C(=O)OCc1ccccc1)C(C(=O)OCc1ccccc1)C(=O)OC(C)(C)C. The minimum Gasteiger partial charge on any atom is -0.461 e. The molecular weight excluding hydrogens is 480 g/mol. The number of unbranched alkanes of at least 4 members (excludes halogenated alkanes) is 6. The van der Waals surface area contributed by atoms with Crippen molar-refractivity contribution in [1.29, 1.82) is 0 Å². The van der Waals surface area contributed by atoms with Crippen LogP contribution in [0.3, 0.4) is 0 Å². The lowest BCUT2D eigenvalue weighted by Crippen LogP contribution is -2.41. The van der Waals surface area contributed by atoms with E-state index in [9.17, 15) is 14.4 Å². The lowest BCUT2D eigenvalue weighted by molar-refractivity contribution is -0.178. The van der Waals surface area contributed by atoms with Crippen molar-refractivity contribution in [2.75, 3.05) is 0 Å². The van der Waals surface area contributed by atoms with Gasteiger partial charge in [0.25, 0.3) is 0 Å². The maximum absolute atomic E-state index is 13.4. The largest absolute Gasteiger partial charge is 0.461 e. The van der Waals surface area contributed by atoms with Crippen molar-refractivity contribution in [3.8, 4) is 0 Å². The second-order valence-corrected chi connectivity index (χ2v) is 10.7. The topological polar surface area (TPSA) is 78.9 Å². The third kappa shape index (κ3) is 11.9. The smallest absolute Gasteiger partial charge is 0.321 e. The van der Waals surface area contributed by atoms with E-state index in [2.05, 4.69) is 6.92 Å². The first-order valence-electron chi connectivity index (χ1n) is 13.8. The fourth-order valence-corrected chi connectivity index (χ4v) is 4.19. The molecule has 0 saturated heterocycles. The molecule has 0 radical (unpaired) electrons. The van der Waals surface area contributed by atoms with Crippen LogP contribution >= 0.6 is 0 Å². The number of benzene rings is 2. The van der Waals surface area contributed by atoms with Crippen LogP contribution in [0, 0.1) is 11.8 Å². The van der Waals surface area contributed by atoms with Crippen molar-refractivity contribution >= 4 is 17.9 Å². The van der Waals surface area contributed by atoms with Gasteiger partial charge in [0.1, 0.15) is 18.8 Å². The molecule has 2 rings (SSSR count). The van der Waals surface area contributed by atoms with Gasteiger partial charge in [0.05, 0.1) is 5.92 Å². The van der Waals surface area contributed by atoms with Gasteiger partial charge in [-0.1, -0.05) is 113 Å². The van der Waals surface area contributed by atoms with Gasteiger partial charge >= 0.3 is 17.9 Å². The normalized spacial score (nSPS) is 12.8. The molecule has 0 heterocycles. The Morgan fingerprint density at radius 3 is 1.63 bits per heavy atom. The zero-order chi connectivity index (χ0) is 27.8. The lowest BCUT2D eigenvalue weighted by atomic mass is 9.87. The zero-order valence-corrected chi connectivity index (χ0v) is 23.4. The summed E-state index contributed by atoms with van der Waals surface area (Å²) in [5, 5.41) is 0.